The van der Waals surface area contributed by atoms with Crippen LogP contribution in [0, 0.1) is 0 Å². The molecule has 0 aliphatic heterocycles. The first kappa shape index (κ1) is 12.4. The van der Waals surface area contributed by atoms with Gasteiger partial charge < -0.3 is 0 Å². The second kappa shape index (κ2) is 4.89. The van der Waals surface area contributed by atoms with E-state index in [9.17, 15) is 0 Å². The van der Waals surface area contributed by atoms with Crippen molar-refractivity contribution in [1.29, 1.82) is 0 Å². The van der Waals surface area contributed by atoms with E-state index < -0.39 is 0 Å². The number of hydrogen-bond donors (Lipinski definition) is 0. The van der Waals surface area contributed by atoms with Crippen LogP contribution in [-0.4, -0.2) is 0 Å². The van der Waals surface area contributed by atoms with Crippen LogP contribution in [0.2, 0.25) is 0 Å². The van der Waals surface area contributed by atoms with Crippen LogP contribution in [0.1, 0.15) is 18.9 Å². The Kier molecular flexibility index (Phi) is 2.89. The lowest BCUT2D eigenvalue weighted by Crippen LogP contribution is -1.88. The van der Waals surface area contributed by atoms with Gasteiger partial charge in [0, 0.05) is 0 Å². The van der Waals surface area contributed by atoms with Crippen molar-refractivity contribution in [2.75, 3.05) is 0 Å². The van der Waals surface area contributed by atoms with Gasteiger partial charge >= 0.3 is 0 Å². The predicted molar refractivity (Wildman–Crippen MR) is 93.0 cm³/mol. The van der Waals surface area contributed by atoms with E-state index in [-0.39, 0.29) is 0 Å². The summed E-state index contributed by atoms with van der Waals surface area (Å²) in [4.78, 5) is 0. The van der Waals surface area contributed by atoms with Gasteiger partial charge in [0.1, 0.15) is 0 Å². The molecule has 4 aromatic rings. The normalized spacial score (nSPS) is 11.5. The lowest BCUT2D eigenvalue weighted by atomic mass is 9.94. The van der Waals surface area contributed by atoms with E-state index in [2.05, 4.69) is 73.7 Å². The summed E-state index contributed by atoms with van der Waals surface area (Å²) in [5, 5.41) is 8.15. The summed E-state index contributed by atoms with van der Waals surface area (Å²) in [7, 11) is 0. The molecular weight excluding hydrogens is 252 g/mol. The average molecular weight is 270 g/mol. The Morgan fingerprint density at radius 1 is 0.667 bits per heavy atom. The van der Waals surface area contributed by atoms with Gasteiger partial charge in [-0.2, -0.15) is 0 Å². The standard InChI is InChI=1S/C21H18/c1-2-6-15-9-5-10-16-11-12-19-13-17-7-3-4-8-18(17)14-20(19)21(15)16/h3-5,7-14H,2,6H2,1H3. The highest BCUT2D eigenvalue weighted by atomic mass is 14.1. The van der Waals surface area contributed by atoms with Crippen molar-refractivity contribution in [3.63, 3.8) is 0 Å². The Morgan fingerprint density at radius 3 is 2.19 bits per heavy atom. The highest BCUT2D eigenvalue weighted by Crippen LogP contribution is 2.32. The van der Waals surface area contributed by atoms with Crippen molar-refractivity contribution in [3.05, 3.63) is 72.3 Å². The van der Waals surface area contributed by atoms with Gasteiger partial charge in [-0.25, -0.2) is 0 Å². The maximum Gasteiger partial charge on any atom is -0.00731 e. The Balaban J connectivity index is 2.18. The molecule has 0 N–H and O–H groups in total. The van der Waals surface area contributed by atoms with Gasteiger partial charge in [0.2, 0.25) is 0 Å². The van der Waals surface area contributed by atoms with Crippen LogP contribution in [0.15, 0.2) is 66.7 Å². The summed E-state index contributed by atoms with van der Waals surface area (Å²) in [6.07, 6.45) is 2.33. The molecule has 0 aliphatic carbocycles. The molecule has 0 saturated heterocycles. The molecule has 4 rings (SSSR count). The molecule has 0 spiro atoms. The third kappa shape index (κ3) is 1.99. The first-order chi connectivity index (χ1) is 10.4. The summed E-state index contributed by atoms with van der Waals surface area (Å²) >= 11 is 0. The first-order valence-corrected chi connectivity index (χ1v) is 7.70. The average Bonchev–Trinajstić information content (AvgIpc) is 2.53. The van der Waals surface area contributed by atoms with E-state index in [1.165, 1.54) is 44.3 Å². The maximum atomic E-state index is 2.35. The molecule has 0 heteroatoms. The molecule has 0 fully saturated rings. The van der Waals surface area contributed by atoms with Gasteiger partial charge in [-0.3, -0.25) is 0 Å². The quantitative estimate of drug-likeness (QED) is 0.305. The van der Waals surface area contributed by atoms with E-state index in [1.54, 1.807) is 0 Å². The van der Waals surface area contributed by atoms with Gasteiger partial charge in [0.15, 0.2) is 0 Å². The van der Waals surface area contributed by atoms with E-state index in [0.29, 0.717) is 0 Å². The van der Waals surface area contributed by atoms with E-state index >= 15 is 0 Å². The molecule has 0 saturated carbocycles. The van der Waals surface area contributed by atoms with E-state index in [0.717, 1.165) is 6.42 Å². The van der Waals surface area contributed by atoms with Crippen LogP contribution < -0.4 is 0 Å². The number of hydrogen-bond acceptors (Lipinski definition) is 0. The summed E-state index contributed by atoms with van der Waals surface area (Å²) in [5.74, 6) is 0. The van der Waals surface area contributed by atoms with Crippen molar-refractivity contribution in [3.8, 4) is 0 Å². The van der Waals surface area contributed by atoms with Crippen LogP contribution in [0.25, 0.3) is 32.3 Å². The Hall–Kier alpha value is -2.34. The van der Waals surface area contributed by atoms with E-state index in [1.807, 2.05) is 0 Å². The highest BCUT2D eigenvalue weighted by molar-refractivity contribution is 6.13. The van der Waals surface area contributed by atoms with Crippen LogP contribution >= 0.6 is 0 Å². The fourth-order valence-corrected chi connectivity index (χ4v) is 3.36. The SMILES string of the molecule is CCCc1cccc2ccc3cc4ccccc4cc3c12. The second-order valence-corrected chi connectivity index (χ2v) is 5.75. The molecule has 0 bridgehead atoms. The van der Waals surface area contributed by atoms with Crippen LogP contribution in [0.4, 0.5) is 0 Å². The molecule has 4 aromatic carbocycles. The fourth-order valence-electron chi connectivity index (χ4n) is 3.36. The highest BCUT2D eigenvalue weighted by Gasteiger charge is 2.06. The minimum Gasteiger partial charge on any atom is -0.0651 e. The van der Waals surface area contributed by atoms with Gasteiger partial charge in [0.05, 0.1) is 0 Å². The third-order valence-electron chi connectivity index (χ3n) is 4.33. The molecule has 0 aromatic heterocycles. The zero-order chi connectivity index (χ0) is 14.2. The lowest BCUT2D eigenvalue weighted by Gasteiger charge is -2.10. The Morgan fingerprint density at radius 2 is 1.38 bits per heavy atom. The van der Waals surface area contributed by atoms with Crippen molar-refractivity contribution >= 4 is 32.3 Å². The molecule has 21 heavy (non-hydrogen) atoms. The van der Waals surface area contributed by atoms with Gasteiger partial charge in [-0.15, -0.1) is 0 Å². The molecule has 0 heterocycles. The van der Waals surface area contributed by atoms with Crippen molar-refractivity contribution in [2.45, 2.75) is 19.8 Å². The lowest BCUT2D eigenvalue weighted by molar-refractivity contribution is 0.930. The predicted octanol–water partition coefficient (Wildman–Crippen LogP) is 6.10. The van der Waals surface area contributed by atoms with Crippen molar-refractivity contribution in [2.24, 2.45) is 0 Å². The van der Waals surface area contributed by atoms with Crippen molar-refractivity contribution in [1.82, 2.24) is 0 Å². The summed E-state index contributed by atoms with van der Waals surface area (Å²) in [6, 6.07) is 24.5. The van der Waals surface area contributed by atoms with Gasteiger partial charge in [-0.1, -0.05) is 67.9 Å². The number of aryl methyl sites for hydroxylation is 1. The maximum absolute atomic E-state index is 2.35. The van der Waals surface area contributed by atoms with Crippen LogP contribution in [0.3, 0.4) is 0 Å². The molecule has 102 valence electrons. The molecule has 0 nitrogen and oxygen atoms in total. The molecular formula is C21H18. The number of benzene rings is 4. The first-order valence-electron chi connectivity index (χ1n) is 7.70. The smallest absolute Gasteiger partial charge is 0.00731 e. The number of rotatable bonds is 2. The zero-order valence-corrected chi connectivity index (χ0v) is 12.3. The van der Waals surface area contributed by atoms with Crippen molar-refractivity contribution < 1.29 is 0 Å². The zero-order valence-electron chi connectivity index (χ0n) is 12.3. The van der Waals surface area contributed by atoms with Crippen LogP contribution in [-0.2, 0) is 6.42 Å². The van der Waals surface area contributed by atoms with Gasteiger partial charge in [-0.05, 0) is 56.4 Å². The van der Waals surface area contributed by atoms with Crippen LogP contribution in [0.5, 0.6) is 0 Å². The van der Waals surface area contributed by atoms with E-state index in [4.69, 9.17) is 0 Å². The summed E-state index contributed by atoms with van der Waals surface area (Å²) < 4.78 is 0. The monoisotopic (exact) mass is 270 g/mol. The molecule has 0 radical (unpaired) electrons. The molecule has 0 amide bonds. The molecule has 0 atom stereocenters. The summed E-state index contributed by atoms with van der Waals surface area (Å²) in [6.45, 7) is 2.25. The molecule has 0 unspecified atom stereocenters. The fraction of sp³-hybridized carbons (Fsp3) is 0.143. The Bertz CT molecular complexity index is 948. The summed E-state index contributed by atoms with van der Waals surface area (Å²) in [5.41, 5.74) is 1.47. The third-order valence-corrected chi connectivity index (χ3v) is 4.33. The minimum atomic E-state index is 1.14. The Labute approximate surface area is 125 Å². The molecule has 0 aliphatic rings. The minimum absolute atomic E-state index is 1.14. The topological polar surface area (TPSA) is 0 Å². The number of fused-ring (bicyclic) bond motifs is 4. The largest absolute Gasteiger partial charge is 0.0651 e. The second-order valence-electron chi connectivity index (χ2n) is 5.75. The van der Waals surface area contributed by atoms with Gasteiger partial charge in [0.25, 0.3) is 0 Å².